The molecule has 2 unspecified atom stereocenters. The number of hydrogen-bond donors (Lipinski definition) is 1. The van der Waals surface area contributed by atoms with E-state index in [0.717, 1.165) is 5.92 Å². The van der Waals surface area contributed by atoms with Crippen LogP contribution in [0.1, 0.15) is 40.0 Å². The second-order valence-electron chi connectivity index (χ2n) is 5.09. The molecule has 1 heterocycles. The Morgan fingerprint density at radius 1 is 1.43 bits per heavy atom. The lowest BCUT2D eigenvalue weighted by Gasteiger charge is -2.25. The van der Waals surface area contributed by atoms with Gasteiger partial charge in [0.05, 0.1) is 6.61 Å². The molecule has 0 aromatic heterocycles. The lowest BCUT2D eigenvalue weighted by atomic mass is 10.0. The van der Waals surface area contributed by atoms with E-state index in [0.29, 0.717) is 18.6 Å². The maximum Gasteiger partial charge on any atom is 0.0589 e. The fourth-order valence-corrected chi connectivity index (χ4v) is 2.36. The molecule has 1 aliphatic heterocycles. The molecule has 2 nitrogen and oxygen atoms in total. The molecule has 1 aliphatic rings. The van der Waals surface area contributed by atoms with Crippen molar-refractivity contribution < 1.29 is 5.11 Å². The Kier molecular flexibility index (Phi) is 4.90. The van der Waals surface area contributed by atoms with Gasteiger partial charge in [-0.05, 0) is 44.2 Å². The van der Waals surface area contributed by atoms with Crippen LogP contribution in [-0.4, -0.2) is 35.7 Å². The van der Waals surface area contributed by atoms with Crippen molar-refractivity contribution in [2.75, 3.05) is 19.7 Å². The van der Waals surface area contributed by atoms with Crippen LogP contribution in [0.15, 0.2) is 0 Å². The van der Waals surface area contributed by atoms with Crippen molar-refractivity contribution >= 4 is 0 Å². The minimum atomic E-state index is 0.336. The van der Waals surface area contributed by atoms with Gasteiger partial charge in [-0.25, -0.2) is 0 Å². The molecule has 0 bridgehead atoms. The highest BCUT2D eigenvalue weighted by Gasteiger charge is 2.29. The zero-order valence-corrected chi connectivity index (χ0v) is 9.87. The molecule has 2 atom stereocenters. The van der Waals surface area contributed by atoms with E-state index < -0.39 is 0 Å². The number of rotatable bonds is 5. The van der Waals surface area contributed by atoms with Crippen LogP contribution in [0.4, 0.5) is 0 Å². The molecular formula is C12H25NO. The maximum atomic E-state index is 9.27. The van der Waals surface area contributed by atoms with E-state index in [-0.39, 0.29) is 0 Å². The minimum Gasteiger partial charge on any atom is -0.395 e. The summed E-state index contributed by atoms with van der Waals surface area (Å²) in [5.74, 6) is 1.49. The van der Waals surface area contributed by atoms with Crippen LogP contribution in [0.5, 0.6) is 0 Å². The van der Waals surface area contributed by atoms with E-state index in [2.05, 4.69) is 25.7 Å². The normalized spacial score (nSPS) is 28.9. The van der Waals surface area contributed by atoms with Gasteiger partial charge < -0.3 is 5.11 Å². The van der Waals surface area contributed by atoms with Gasteiger partial charge in [0.15, 0.2) is 0 Å². The predicted molar refractivity (Wildman–Crippen MR) is 60.3 cm³/mol. The number of nitrogens with zero attached hydrogens (tertiary/aromatic N) is 1. The third-order valence-corrected chi connectivity index (χ3v) is 3.41. The van der Waals surface area contributed by atoms with Gasteiger partial charge in [0.2, 0.25) is 0 Å². The second kappa shape index (κ2) is 5.72. The van der Waals surface area contributed by atoms with Crippen molar-refractivity contribution in [3.63, 3.8) is 0 Å². The van der Waals surface area contributed by atoms with E-state index in [9.17, 15) is 5.11 Å². The summed E-state index contributed by atoms with van der Waals surface area (Å²) in [6, 6.07) is 0.433. The maximum absolute atomic E-state index is 9.27. The molecule has 1 N–H and O–H groups in total. The van der Waals surface area contributed by atoms with Crippen molar-refractivity contribution in [2.24, 2.45) is 11.8 Å². The van der Waals surface area contributed by atoms with Gasteiger partial charge in [0.1, 0.15) is 0 Å². The molecule has 0 aromatic carbocycles. The standard InChI is InChI=1S/C12H25NO/c1-10(2)5-4-7-13-8-6-11(3)12(13)9-14/h10-12,14H,4-9H2,1-3H3. The van der Waals surface area contributed by atoms with Crippen LogP contribution in [-0.2, 0) is 0 Å². The molecule has 1 rings (SSSR count). The molecule has 2 heteroatoms. The SMILES string of the molecule is CC(C)CCCN1CCC(C)C1CO. The summed E-state index contributed by atoms with van der Waals surface area (Å²) in [6.45, 7) is 9.50. The lowest BCUT2D eigenvalue weighted by Crippen LogP contribution is -2.35. The molecular weight excluding hydrogens is 174 g/mol. The molecule has 0 amide bonds. The quantitative estimate of drug-likeness (QED) is 0.733. The second-order valence-corrected chi connectivity index (χ2v) is 5.09. The Morgan fingerprint density at radius 3 is 2.71 bits per heavy atom. The van der Waals surface area contributed by atoms with Gasteiger partial charge in [0.25, 0.3) is 0 Å². The summed E-state index contributed by atoms with van der Waals surface area (Å²) < 4.78 is 0. The van der Waals surface area contributed by atoms with Gasteiger partial charge >= 0.3 is 0 Å². The van der Waals surface area contributed by atoms with Crippen molar-refractivity contribution in [1.82, 2.24) is 4.90 Å². The minimum absolute atomic E-state index is 0.336. The zero-order valence-electron chi connectivity index (χ0n) is 9.87. The van der Waals surface area contributed by atoms with Gasteiger partial charge in [-0.3, -0.25) is 4.90 Å². The van der Waals surface area contributed by atoms with Crippen molar-refractivity contribution in [1.29, 1.82) is 0 Å². The van der Waals surface area contributed by atoms with Gasteiger partial charge in [-0.1, -0.05) is 20.8 Å². The molecule has 0 spiro atoms. The first-order chi connectivity index (χ1) is 6.65. The molecule has 0 saturated carbocycles. The highest BCUT2D eigenvalue weighted by Crippen LogP contribution is 2.23. The van der Waals surface area contributed by atoms with Crippen molar-refractivity contribution in [3.05, 3.63) is 0 Å². The van der Waals surface area contributed by atoms with Crippen LogP contribution in [0.25, 0.3) is 0 Å². The summed E-state index contributed by atoms with van der Waals surface area (Å²) >= 11 is 0. The Balaban J connectivity index is 2.23. The van der Waals surface area contributed by atoms with Gasteiger partial charge in [-0.2, -0.15) is 0 Å². The predicted octanol–water partition coefficient (Wildman–Crippen LogP) is 2.13. The third kappa shape index (κ3) is 3.25. The summed E-state index contributed by atoms with van der Waals surface area (Å²) in [4.78, 5) is 2.47. The fraction of sp³-hybridized carbons (Fsp3) is 1.00. The first-order valence-corrected chi connectivity index (χ1v) is 6.00. The van der Waals surface area contributed by atoms with Gasteiger partial charge in [-0.15, -0.1) is 0 Å². The Hall–Kier alpha value is -0.0800. The summed E-state index contributed by atoms with van der Waals surface area (Å²) in [7, 11) is 0. The Bertz CT molecular complexity index is 158. The summed E-state index contributed by atoms with van der Waals surface area (Å²) in [5.41, 5.74) is 0. The number of aliphatic hydroxyl groups is 1. The smallest absolute Gasteiger partial charge is 0.0589 e. The molecule has 1 saturated heterocycles. The number of likely N-dealkylation sites (tertiary alicyclic amines) is 1. The first-order valence-electron chi connectivity index (χ1n) is 6.00. The van der Waals surface area contributed by atoms with Crippen LogP contribution in [0, 0.1) is 11.8 Å². The Morgan fingerprint density at radius 2 is 2.14 bits per heavy atom. The number of hydrogen-bond acceptors (Lipinski definition) is 2. The first kappa shape index (κ1) is 12.0. The van der Waals surface area contributed by atoms with Crippen molar-refractivity contribution in [2.45, 2.75) is 46.1 Å². The van der Waals surface area contributed by atoms with E-state index in [1.807, 2.05) is 0 Å². The summed E-state index contributed by atoms with van der Waals surface area (Å²) in [6.07, 6.45) is 3.84. The highest BCUT2D eigenvalue weighted by atomic mass is 16.3. The average molecular weight is 199 g/mol. The zero-order chi connectivity index (χ0) is 10.6. The fourth-order valence-electron chi connectivity index (χ4n) is 2.36. The molecule has 1 fully saturated rings. The Labute approximate surface area is 88.3 Å². The summed E-state index contributed by atoms with van der Waals surface area (Å²) in [5, 5.41) is 9.27. The number of aliphatic hydroxyl groups excluding tert-OH is 1. The third-order valence-electron chi connectivity index (χ3n) is 3.41. The highest BCUT2D eigenvalue weighted by molar-refractivity contribution is 4.83. The molecule has 0 radical (unpaired) electrons. The average Bonchev–Trinajstić information content (AvgIpc) is 2.46. The van der Waals surface area contributed by atoms with E-state index in [1.54, 1.807) is 0 Å². The molecule has 0 aromatic rings. The van der Waals surface area contributed by atoms with Crippen molar-refractivity contribution in [3.8, 4) is 0 Å². The van der Waals surface area contributed by atoms with Crippen LogP contribution >= 0.6 is 0 Å². The van der Waals surface area contributed by atoms with E-state index in [1.165, 1.54) is 32.4 Å². The monoisotopic (exact) mass is 199 g/mol. The molecule has 14 heavy (non-hydrogen) atoms. The molecule has 0 aliphatic carbocycles. The topological polar surface area (TPSA) is 23.5 Å². The largest absolute Gasteiger partial charge is 0.395 e. The van der Waals surface area contributed by atoms with E-state index in [4.69, 9.17) is 0 Å². The van der Waals surface area contributed by atoms with Crippen LogP contribution in [0.3, 0.4) is 0 Å². The van der Waals surface area contributed by atoms with Crippen LogP contribution in [0.2, 0.25) is 0 Å². The molecule has 84 valence electrons. The van der Waals surface area contributed by atoms with Crippen LogP contribution < -0.4 is 0 Å². The lowest BCUT2D eigenvalue weighted by molar-refractivity contribution is 0.137. The van der Waals surface area contributed by atoms with Gasteiger partial charge in [0, 0.05) is 6.04 Å². The van der Waals surface area contributed by atoms with E-state index >= 15 is 0 Å².